The molecule has 1 aromatic rings. The van der Waals surface area contributed by atoms with Crippen molar-refractivity contribution in [1.29, 1.82) is 0 Å². The van der Waals surface area contributed by atoms with E-state index < -0.39 is 5.82 Å². The van der Waals surface area contributed by atoms with Gasteiger partial charge in [0.15, 0.2) is 11.6 Å². The molecule has 0 radical (unpaired) electrons. The molecule has 0 aliphatic rings. The van der Waals surface area contributed by atoms with E-state index in [2.05, 4.69) is 21.9 Å². The second-order valence-corrected chi connectivity index (χ2v) is 2.86. The zero-order chi connectivity index (χ0) is 11.8. The summed E-state index contributed by atoms with van der Waals surface area (Å²) in [6.45, 7) is 0.322. The van der Waals surface area contributed by atoms with Crippen LogP contribution in [-0.2, 0) is 0 Å². The van der Waals surface area contributed by atoms with Crippen molar-refractivity contribution in [3.8, 4) is 17.6 Å². The molecule has 82 valence electrons. The highest BCUT2D eigenvalue weighted by Crippen LogP contribution is 2.16. The van der Waals surface area contributed by atoms with Crippen LogP contribution in [0.4, 0.5) is 4.39 Å². The van der Waals surface area contributed by atoms with Gasteiger partial charge in [-0.1, -0.05) is 17.0 Å². The Labute approximate surface area is 92.7 Å². The third-order valence-corrected chi connectivity index (χ3v) is 1.78. The fraction of sp³-hybridized carbons (Fsp3) is 0.273. The number of methoxy groups -OCH3 is 1. The fourth-order valence-electron chi connectivity index (χ4n) is 1.06. The molecule has 0 amide bonds. The smallest absolute Gasteiger partial charge is 0.166 e. The van der Waals surface area contributed by atoms with Crippen molar-refractivity contribution < 1.29 is 9.13 Å². The van der Waals surface area contributed by atoms with Gasteiger partial charge >= 0.3 is 0 Å². The first-order valence-corrected chi connectivity index (χ1v) is 4.61. The van der Waals surface area contributed by atoms with Gasteiger partial charge in [0.1, 0.15) is 0 Å². The summed E-state index contributed by atoms with van der Waals surface area (Å²) in [6.07, 6.45) is 0.456. The molecular formula is C11H10FN3O. The van der Waals surface area contributed by atoms with Crippen LogP contribution in [0.15, 0.2) is 23.3 Å². The number of hydrogen-bond donors (Lipinski definition) is 0. The largest absolute Gasteiger partial charge is 0.494 e. The highest BCUT2D eigenvalue weighted by Gasteiger charge is 2.00. The van der Waals surface area contributed by atoms with Crippen molar-refractivity contribution in [2.75, 3.05) is 13.7 Å². The van der Waals surface area contributed by atoms with Crippen molar-refractivity contribution in [2.45, 2.75) is 6.42 Å². The first kappa shape index (κ1) is 11.9. The zero-order valence-corrected chi connectivity index (χ0v) is 8.77. The maximum Gasteiger partial charge on any atom is 0.166 e. The SMILES string of the molecule is COc1ccc(C#CCCN=[N+]=[N-])cc1F. The van der Waals surface area contributed by atoms with Gasteiger partial charge in [-0.2, -0.15) is 0 Å². The second kappa shape index (κ2) is 6.33. The first-order chi connectivity index (χ1) is 7.77. The number of ether oxygens (including phenoxy) is 1. The predicted octanol–water partition coefficient (Wildman–Crippen LogP) is 2.89. The van der Waals surface area contributed by atoms with Crippen LogP contribution in [-0.4, -0.2) is 13.7 Å². The molecule has 0 atom stereocenters. The molecule has 0 saturated carbocycles. The third kappa shape index (κ3) is 3.52. The molecule has 0 spiro atoms. The summed E-state index contributed by atoms with van der Waals surface area (Å²) in [5, 5.41) is 3.33. The Balaban J connectivity index is 2.67. The number of azide groups is 1. The Bertz CT molecular complexity index is 470. The van der Waals surface area contributed by atoms with E-state index in [1.54, 1.807) is 6.07 Å². The van der Waals surface area contributed by atoms with E-state index in [4.69, 9.17) is 10.3 Å². The Kier molecular flexibility index (Phi) is 4.71. The summed E-state index contributed by atoms with van der Waals surface area (Å²) in [6, 6.07) is 4.49. The Hall–Kier alpha value is -2.18. The van der Waals surface area contributed by atoms with Crippen LogP contribution in [0.3, 0.4) is 0 Å². The molecule has 1 aromatic carbocycles. The molecule has 16 heavy (non-hydrogen) atoms. The topological polar surface area (TPSA) is 58.0 Å². The molecular weight excluding hydrogens is 209 g/mol. The Morgan fingerprint density at radius 3 is 3.00 bits per heavy atom. The standard InChI is InChI=1S/C11H10FN3O/c1-16-11-6-5-9(8-10(11)12)4-2-3-7-14-15-13/h5-6,8H,3,7H2,1H3. The fourth-order valence-corrected chi connectivity index (χ4v) is 1.06. The van der Waals surface area contributed by atoms with Crippen molar-refractivity contribution in [3.05, 3.63) is 40.0 Å². The predicted molar refractivity (Wildman–Crippen MR) is 58.5 cm³/mol. The van der Waals surface area contributed by atoms with Gasteiger partial charge in [-0.3, -0.25) is 0 Å². The van der Waals surface area contributed by atoms with Gasteiger partial charge < -0.3 is 4.74 Å². The molecule has 0 aromatic heterocycles. The average Bonchev–Trinajstić information content (AvgIpc) is 2.29. The van der Waals surface area contributed by atoms with Crippen LogP contribution in [0.5, 0.6) is 5.75 Å². The Morgan fingerprint density at radius 1 is 1.56 bits per heavy atom. The van der Waals surface area contributed by atoms with Crippen molar-refractivity contribution in [2.24, 2.45) is 5.11 Å². The molecule has 0 bridgehead atoms. The van der Waals surface area contributed by atoms with Gasteiger partial charge in [0.2, 0.25) is 0 Å². The zero-order valence-electron chi connectivity index (χ0n) is 8.77. The summed E-state index contributed by atoms with van der Waals surface area (Å²) >= 11 is 0. The van der Waals surface area contributed by atoms with Crippen molar-refractivity contribution in [3.63, 3.8) is 0 Å². The molecule has 0 unspecified atom stereocenters. The van der Waals surface area contributed by atoms with E-state index in [0.717, 1.165) is 0 Å². The molecule has 4 nitrogen and oxygen atoms in total. The van der Waals surface area contributed by atoms with Gasteiger partial charge in [-0.25, -0.2) is 4.39 Å². The Morgan fingerprint density at radius 2 is 2.38 bits per heavy atom. The van der Waals surface area contributed by atoms with Gasteiger partial charge in [0, 0.05) is 23.4 Å². The molecule has 0 aliphatic heterocycles. The van der Waals surface area contributed by atoms with Crippen LogP contribution < -0.4 is 4.74 Å². The van der Waals surface area contributed by atoms with Gasteiger partial charge in [0.05, 0.1) is 7.11 Å². The van der Waals surface area contributed by atoms with E-state index >= 15 is 0 Å². The van der Waals surface area contributed by atoms with Crippen LogP contribution in [0.2, 0.25) is 0 Å². The molecule has 5 heteroatoms. The highest BCUT2D eigenvalue weighted by atomic mass is 19.1. The second-order valence-electron chi connectivity index (χ2n) is 2.86. The molecule has 0 N–H and O–H groups in total. The summed E-state index contributed by atoms with van der Waals surface area (Å²) < 4.78 is 18.0. The van der Waals surface area contributed by atoms with E-state index in [1.807, 2.05) is 0 Å². The third-order valence-electron chi connectivity index (χ3n) is 1.78. The lowest BCUT2D eigenvalue weighted by molar-refractivity contribution is 0.386. The van der Waals surface area contributed by atoms with E-state index in [-0.39, 0.29) is 5.75 Å². The number of rotatable bonds is 3. The lowest BCUT2D eigenvalue weighted by Gasteiger charge is -2.00. The highest BCUT2D eigenvalue weighted by molar-refractivity contribution is 5.39. The maximum absolute atomic E-state index is 13.2. The van der Waals surface area contributed by atoms with E-state index in [1.165, 1.54) is 19.2 Å². The minimum absolute atomic E-state index is 0.194. The first-order valence-electron chi connectivity index (χ1n) is 4.61. The molecule has 0 heterocycles. The molecule has 0 fully saturated rings. The summed E-state index contributed by atoms with van der Waals surface area (Å²) in [7, 11) is 1.41. The number of hydrogen-bond acceptors (Lipinski definition) is 2. The van der Waals surface area contributed by atoms with Gasteiger partial charge in [-0.05, 0) is 23.7 Å². The number of benzene rings is 1. The minimum atomic E-state index is -0.440. The quantitative estimate of drug-likeness (QED) is 0.253. The molecule has 0 saturated heterocycles. The van der Waals surface area contributed by atoms with E-state index in [9.17, 15) is 4.39 Å². The number of nitrogens with zero attached hydrogens (tertiary/aromatic N) is 3. The van der Waals surface area contributed by atoms with Crippen LogP contribution in [0, 0.1) is 17.7 Å². The summed E-state index contributed by atoms with van der Waals surface area (Å²) in [4.78, 5) is 2.60. The van der Waals surface area contributed by atoms with Crippen molar-refractivity contribution >= 4 is 0 Å². The van der Waals surface area contributed by atoms with Gasteiger partial charge in [0.25, 0.3) is 0 Å². The lowest BCUT2D eigenvalue weighted by atomic mass is 10.2. The summed E-state index contributed by atoms with van der Waals surface area (Å²) in [5.74, 6) is 5.30. The van der Waals surface area contributed by atoms with Crippen LogP contribution in [0.1, 0.15) is 12.0 Å². The maximum atomic E-state index is 13.2. The van der Waals surface area contributed by atoms with Gasteiger partial charge in [-0.15, -0.1) is 0 Å². The normalized spacial score (nSPS) is 8.62. The monoisotopic (exact) mass is 219 g/mol. The van der Waals surface area contributed by atoms with Crippen LogP contribution >= 0.6 is 0 Å². The molecule has 0 aliphatic carbocycles. The number of halogens is 1. The van der Waals surface area contributed by atoms with Crippen LogP contribution in [0.25, 0.3) is 10.4 Å². The van der Waals surface area contributed by atoms with E-state index in [0.29, 0.717) is 18.5 Å². The lowest BCUT2D eigenvalue weighted by Crippen LogP contribution is -1.88. The average molecular weight is 219 g/mol. The van der Waals surface area contributed by atoms with Crippen molar-refractivity contribution in [1.82, 2.24) is 0 Å². The minimum Gasteiger partial charge on any atom is -0.494 e. The summed E-state index contributed by atoms with van der Waals surface area (Å²) in [5.41, 5.74) is 8.59. The molecule has 1 rings (SSSR count).